The number of carboxylic acid groups (broad SMARTS) is 1. The van der Waals surface area contributed by atoms with Crippen LogP contribution < -0.4 is 9.64 Å². The van der Waals surface area contributed by atoms with Crippen LogP contribution in [0.15, 0.2) is 48.5 Å². The second-order valence-electron chi connectivity index (χ2n) is 7.12. The molecule has 0 aliphatic heterocycles. The Bertz CT molecular complexity index is 1350. The average molecular weight is 573 g/mol. The van der Waals surface area contributed by atoms with Crippen LogP contribution in [0, 0.1) is 0 Å². The number of hydrogen-bond donors (Lipinski definition) is 2. The first-order valence-electron chi connectivity index (χ1n) is 10.2. The molecule has 2 N–H and O–H groups in total. The summed E-state index contributed by atoms with van der Waals surface area (Å²) >= 11 is 24.7. The first-order chi connectivity index (χ1) is 17.0. The predicted molar refractivity (Wildman–Crippen MR) is 137 cm³/mol. The van der Waals surface area contributed by atoms with Crippen LogP contribution in [0.1, 0.15) is 22.8 Å². The molecule has 0 bridgehead atoms. The average Bonchev–Trinajstić information content (AvgIpc) is 2.81. The molecule has 0 aliphatic rings. The van der Waals surface area contributed by atoms with Crippen molar-refractivity contribution in [3.63, 3.8) is 0 Å². The van der Waals surface area contributed by atoms with Crippen molar-refractivity contribution in [1.29, 1.82) is 0 Å². The van der Waals surface area contributed by atoms with E-state index in [0.717, 1.165) is 4.90 Å². The van der Waals surface area contributed by atoms with Gasteiger partial charge in [-0.05, 0) is 55.5 Å². The topological polar surface area (TPSA) is 113 Å². The summed E-state index contributed by atoms with van der Waals surface area (Å²) in [5.74, 6) is -2.01. The molecule has 0 saturated heterocycles. The van der Waals surface area contributed by atoms with Gasteiger partial charge in [-0.3, -0.25) is 14.5 Å². The molecule has 0 atom stereocenters. The fraction of sp³-hybridized carbons (Fsp3) is 0.125. The number of carboxylic acids is 1. The largest absolute Gasteiger partial charge is 0.507 e. The Hall–Kier alpha value is -3.17. The van der Waals surface area contributed by atoms with E-state index in [9.17, 15) is 19.5 Å². The minimum atomic E-state index is -1.29. The number of phenols is 1. The van der Waals surface area contributed by atoms with Gasteiger partial charge in [0.15, 0.2) is 5.78 Å². The van der Waals surface area contributed by atoms with E-state index in [-0.39, 0.29) is 55.7 Å². The maximum absolute atomic E-state index is 13.0. The van der Waals surface area contributed by atoms with Gasteiger partial charge in [0, 0.05) is 10.6 Å². The second kappa shape index (κ2) is 11.7. The lowest BCUT2D eigenvalue weighted by atomic mass is 10.0. The minimum absolute atomic E-state index is 0.00572. The van der Waals surface area contributed by atoms with E-state index in [1.807, 2.05) is 0 Å². The summed E-state index contributed by atoms with van der Waals surface area (Å²) in [6.45, 7) is 0.871. The summed E-state index contributed by atoms with van der Waals surface area (Å²) in [7, 11) is 0. The number of nitrogens with zero attached hydrogens (tertiary/aromatic N) is 1. The SMILES string of the molecule is CCOC(=O)N(CC(=O)O)c1ccc(Oc2ccc(O)c(C(=O)c3ccc(Cl)cc3Cl)c2)c(Cl)c1Cl. The van der Waals surface area contributed by atoms with Crippen LogP contribution >= 0.6 is 46.4 Å². The third kappa shape index (κ3) is 6.14. The molecule has 0 aliphatic carbocycles. The van der Waals surface area contributed by atoms with E-state index in [0.29, 0.717) is 5.02 Å². The molecular weight excluding hydrogens is 556 g/mol. The molecule has 0 fully saturated rings. The highest BCUT2D eigenvalue weighted by Gasteiger charge is 2.25. The molecule has 0 aromatic heterocycles. The third-order valence-corrected chi connectivity index (χ3v) is 6.12. The van der Waals surface area contributed by atoms with Crippen LogP contribution in [0.4, 0.5) is 10.5 Å². The van der Waals surface area contributed by atoms with Crippen LogP contribution in [0.2, 0.25) is 20.1 Å². The molecule has 36 heavy (non-hydrogen) atoms. The Morgan fingerprint density at radius 3 is 2.28 bits per heavy atom. The lowest BCUT2D eigenvalue weighted by molar-refractivity contribution is -0.135. The van der Waals surface area contributed by atoms with Crippen molar-refractivity contribution in [2.24, 2.45) is 0 Å². The zero-order valence-corrected chi connectivity index (χ0v) is 21.5. The van der Waals surface area contributed by atoms with Gasteiger partial charge in [-0.15, -0.1) is 0 Å². The monoisotopic (exact) mass is 571 g/mol. The summed E-state index contributed by atoms with van der Waals surface area (Å²) < 4.78 is 10.7. The Labute approximate surface area is 225 Å². The van der Waals surface area contributed by atoms with Gasteiger partial charge in [-0.25, -0.2) is 4.79 Å². The van der Waals surface area contributed by atoms with Gasteiger partial charge in [0.05, 0.1) is 27.9 Å². The number of aromatic hydroxyl groups is 1. The number of amides is 1. The predicted octanol–water partition coefficient (Wildman–Crippen LogP) is 7.08. The molecule has 3 aromatic rings. The quantitative estimate of drug-likeness (QED) is 0.277. The maximum Gasteiger partial charge on any atom is 0.414 e. The lowest BCUT2D eigenvalue weighted by Crippen LogP contribution is -2.36. The summed E-state index contributed by atoms with van der Waals surface area (Å²) in [4.78, 5) is 37.3. The normalized spacial score (nSPS) is 10.6. The van der Waals surface area contributed by atoms with Crippen molar-refractivity contribution in [3.05, 3.63) is 79.7 Å². The number of phenolic OH excluding ortho intramolecular Hbond substituents is 1. The number of anilines is 1. The van der Waals surface area contributed by atoms with E-state index in [2.05, 4.69) is 0 Å². The van der Waals surface area contributed by atoms with Crippen LogP contribution in [0.5, 0.6) is 17.2 Å². The summed E-state index contributed by atoms with van der Waals surface area (Å²) in [6.07, 6.45) is -0.922. The van der Waals surface area contributed by atoms with Gasteiger partial charge in [0.1, 0.15) is 28.8 Å². The number of benzene rings is 3. The Kier molecular flexibility index (Phi) is 8.92. The number of halogens is 4. The molecule has 0 radical (unpaired) electrons. The second-order valence-corrected chi connectivity index (χ2v) is 8.72. The molecule has 8 nitrogen and oxygen atoms in total. The van der Waals surface area contributed by atoms with Gasteiger partial charge >= 0.3 is 12.1 Å². The van der Waals surface area contributed by atoms with Gasteiger partial charge in [0.2, 0.25) is 0 Å². The van der Waals surface area contributed by atoms with Crippen molar-refractivity contribution in [1.82, 2.24) is 0 Å². The van der Waals surface area contributed by atoms with Crippen LogP contribution in [-0.2, 0) is 9.53 Å². The van der Waals surface area contributed by atoms with Crippen molar-refractivity contribution in [2.45, 2.75) is 6.92 Å². The number of carbonyl (C=O) groups is 3. The van der Waals surface area contributed by atoms with E-state index in [1.54, 1.807) is 6.92 Å². The molecule has 3 aromatic carbocycles. The molecule has 0 unspecified atom stereocenters. The molecule has 3 rings (SSSR count). The number of carbonyl (C=O) groups excluding carboxylic acids is 2. The van der Waals surface area contributed by atoms with E-state index >= 15 is 0 Å². The standard InChI is InChI=1S/C24H17Cl4NO7/c1-2-35-24(34)29(11-20(31)32)17-6-8-19(22(28)21(17)27)36-13-4-7-18(30)15(10-13)23(33)14-5-3-12(25)9-16(14)26/h3-10,30H,2,11H2,1H3,(H,31,32). The zero-order chi connectivity index (χ0) is 26.6. The molecular formula is C24H17Cl4NO7. The number of ether oxygens (including phenoxy) is 2. The van der Waals surface area contributed by atoms with Gasteiger partial charge in [-0.1, -0.05) is 46.4 Å². The molecule has 0 saturated carbocycles. The van der Waals surface area contributed by atoms with Crippen LogP contribution in [0.25, 0.3) is 0 Å². The lowest BCUT2D eigenvalue weighted by Gasteiger charge is -2.22. The van der Waals surface area contributed by atoms with Crippen molar-refractivity contribution < 1.29 is 34.1 Å². The van der Waals surface area contributed by atoms with E-state index in [1.165, 1.54) is 48.5 Å². The summed E-state index contributed by atoms with van der Waals surface area (Å²) in [5.41, 5.74) is 0.0239. The number of hydrogen-bond acceptors (Lipinski definition) is 6. The van der Waals surface area contributed by atoms with Crippen LogP contribution in [-0.4, -0.2) is 41.2 Å². The van der Waals surface area contributed by atoms with Crippen molar-refractivity contribution in [3.8, 4) is 17.2 Å². The van der Waals surface area contributed by atoms with E-state index < -0.39 is 24.4 Å². The molecule has 0 heterocycles. The zero-order valence-electron chi connectivity index (χ0n) is 18.4. The number of aliphatic carboxylic acids is 1. The molecule has 188 valence electrons. The maximum atomic E-state index is 13.0. The Balaban J connectivity index is 1.94. The fourth-order valence-corrected chi connectivity index (χ4v) is 4.05. The first-order valence-corrected chi connectivity index (χ1v) is 11.7. The highest BCUT2D eigenvalue weighted by molar-refractivity contribution is 6.45. The van der Waals surface area contributed by atoms with Crippen molar-refractivity contribution in [2.75, 3.05) is 18.1 Å². The Morgan fingerprint density at radius 2 is 1.64 bits per heavy atom. The summed E-state index contributed by atoms with van der Waals surface area (Å²) in [5, 5.41) is 19.6. The number of rotatable bonds is 8. The highest BCUT2D eigenvalue weighted by Crippen LogP contribution is 2.42. The fourth-order valence-electron chi connectivity index (χ4n) is 3.10. The highest BCUT2D eigenvalue weighted by atomic mass is 35.5. The van der Waals surface area contributed by atoms with Gasteiger partial charge < -0.3 is 19.7 Å². The first kappa shape index (κ1) is 27.4. The minimum Gasteiger partial charge on any atom is -0.507 e. The van der Waals surface area contributed by atoms with Crippen LogP contribution in [0.3, 0.4) is 0 Å². The smallest absolute Gasteiger partial charge is 0.414 e. The Morgan fingerprint density at radius 1 is 0.917 bits per heavy atom. The van der Waals surface area contributed by atoms with Gasteiger partial charge in [-0.2, -0.15) is 0 Å². The third-order valence-electron chi connectivity index (χ3n) is 4.72. The van der Waals surface area contributed by atoms with Crippen molar-refractivity contribution >= 4 is 69.9 Å². The molecule has 12 heteroatoms. The molecule has 0 spiro atoms. The number of ketones is 1. The molecule has 1 amide bonds. The van der Waals surface area contributed by atoms with E-state index in [4.69, 9.17) is 61.0 Å². The summed E-state index contributed by atoms with van der Waals surface area (Å²) in [6, 6.07) is 11.0. The van der Waals surface area contributed by atoms with Gasteiger partial charge in [0.25, 0.3) is 0 Å².